The highest BCUT2D eigenvalue weighted by atomic mass is 35.5. The largest absolute Gasteiger partial charge is 0.148 e. The van der Waals surface area contributed by atoms with Crippen LogP contribution < -0.4 is 0 Å². The molecule has 0 bridgehead atoms. The number of nitrogens with zero attached hydrogens (tertiary/aromatic N) is 2. The van der Waals surface area contributed by atoms with Gasteiger partial charge in [-0.1, -0.05) is 72.7 Å². The van der Waals surface area contributed by atoms with Crippen LogP contribution in [0.5, 0.6) is 0 Å². The lowest BCUT2D eigenvalue weighted by molar-refractivity contribution is 0.922. The molecule has 0 amide bonds. The van der Waals surface area contributed by atoms with Gasteiger partial charge in [-0.05, 0) is 24.1 Å². The van der Waals surface area contributed by atoms with E-state index >= 15 is 0 Å². The van der Waals surface area contributed by atoms with E-state index < -0.39 is 0 Å². The van der Waals surface area contributed by atoms with Crippen molar-refractivity contribution in [3.8, 4) is 21.1 Å². The van der Waals surface area contributed by atoms with Gasteiger partial charge in [-0.3, -0.25) is 0 Å². The molecule has 0 atom stereocenters. The van der Waals surface area contributed by atoms with Crippen LogP contribution in [0.4, 0.5) is 0 Å². The molecule has 0 aliphatic heterocycles. The van der Waals surface area contributed by atoms with Crippen LogP contribution in [0.15, 0.2) is 48.5 Å². The van der Waals surface area contributed by atoms with Crippen LogP contribution in [0.3, 0.4) is 0 Å². The average molecular weight is 315 g/mol. The van der Waals surface area contributed by atoms with Gasteiger partial charge in [0.05, 0.1) is 0 Å². The van der Waals surface area contributed by atoms with Crippen molar-refractivity contribution in [3.05, 3.63) is 59.1 Å². The molecule has 0 saturated heterocycles. The normalized spacial score (nSPS) is 10.8. The predicted molar refractivity (Wildman–Crippen MR) is 89.8 cm³/mol. The first-order valence-electron chi connectivity index (χ1n) is 6.95. The maximum absolute atomic E-state index is 5.91. The van der Waals surface area contributed by atoms with E-state index in [0.29, 0.717) is 0 Å². The summed E-state index contributed by atoms with van der Waals surface area (Å²) in [5, 5.41) is 11.2. The van der Waals surface area contributed by atoms with Crippen LogP contribution in [-0.4, -0.2) is 10.2 Å². The molecule has 1 heterocycles. The molecule has 21 heavy (non-hydrogen) atoms. The van der Waals surface area contributed by atoms with E-state index in [2.05, 4.69) is 41.4 Å². The highest BCUT2D eigenvalue weighted by molar-refractivity contribution is 7.17. The first kappa shape index (κ1) is 14.2. The molecule has 4 heteroatoms. The summed E-state index contributed by atoms with van der Waals surface area (Å²) in [6.45, 7) is 2.19. The average Bonchev–Trinajstić information content (AvgIpc) is 2.99. The third-order valence-corrected chi connectivity index (χ3v) is 4.53. The Morgan fingerprint density at radius 3 is 1.90 bits per heavy atom. The topological polar surface area (TPSA) is 25.8 Å². The minimum Gasteiger partial charge on any atom is -0.138 e. The minimum absolute atomic E-state index is 0.731. The zero-order valence-electron chi connectivity index (χ0n) is 11.7. The van der Waals surface area contributed by atoms with Crippen LogP contribution in [0.2, 0.25) is 5.02 Å². The third-order valence-electron chi connectivity index (χ3n) is 3.26. The fraction of sp³-hybridized carbons (Fsp3) is 0.176. The monoisotopic (exact) mass is 314 g/mol. The summed E-state index contributed by atoms with van der Waals surface area (Å²) in [5.41, 5.74) is 3.53. The SMILES string of the molecule is CCCc1ccc(-c2nnc(-c3ccc(Cl)cc3)s2)cc1. The molecule has 0 N–H and O–H groups in total. The Labute approximate surface area is 133 Å². The summed E-state index contributed by atoms with van der Waals surface area (Å²) < 4.78 is 0. The van der Waals surface area contributed by atoms with Gasteiger partial charge in [-0.25, -0.2) is 0 Å². The lowest BCUT2D eigenvalue weighted by Gasteiger charge is -1.99. The number of aryl methyl sites for hydroxylation is 1. The molecule has 1 aromatic heterocycles. The van der Waals surface area contributed by atoms with Gasteiger partial charge in [0.2, 0.25) is 0 Å². The van der Waals surface area contributed by atoms with Crippen LogP contribution in [0.1, 0.15) is 18.9 Å². The fourth-order valence-electron chi connectivity index (χ4n) is 2.15. The molecule has 3 aromatic rings. The number of hydrogen-bond donors (Lipinski definition) is 0. The molecule has 0 fully saturated rings. The molecule has 0 saturated carbocycles. The number of benzene rings is 2. The molecule has 0 spiro atoms. The third kappa shape index (κ3) is 3.31. The van der Waals surface area contributed by atoms with Gasteiger partial charge in [0.15, 0.2) is 0 Å². The van der Waals surface area contributed by atoms with Crippen LogP contribution >= 0.6 is 22.9 Å². The van der Waals surface area contributed by atoms with Gasteiger partial charge in [-0.15, -0.1) is 10.2 Å². The smallest absolute Gasteiger partial charge is 0.138 e. The lowest BCUT2D eigenvalue weighted by atomic mass is 10.1. The summed E-state index contributed by atoms with van der Waals surface area (Å²) in [4.78, 5) is 0. The molecule has 0 unspecified atom stereocenters. The molecule has 0 aliphatic carbocycles. The van der Waals surface area contributed by atoms with Crippen LogP contribution in [0.25, 0.3) is 21.1 Å². The summed E-state index contributed by atoms with van der Waals surface area (Å²) in [6.07, 6.45) is 2.28. The van der Waals surface area contributed by atoms with Crippen molar-refractivity contribution < 1.29 is 0 Å². The van der Waals surface area contributed by atoms with Crippen molar-refractivity contribution in [1.82, 2.24) is 10.2 Å². The molecule has 2 aromatic carbocycles. The number of hydrogen-bond acceptors (Lipinski definition) is 3. The molecular weight excluding hydrogens is 300 g/mol. The Hall–Kier alpha value is -1.71. The summed E-state index contributed by atoms with van der Waals surface area (Å²) in [7, 11) is 0. The van der Waals surface area contributed by atoms with Crippen molar-refractivity contribution in [2.24, 2.45) is 0 Å². The Kier molecular flexibility index (Phi) is 4.32. The second-order valence-electron chi connectivity index (χ2n) is 4.87. The van der Waals surface area contributed by atoms with Gasteiger partial charge in [-0.2, -0.15) is 0 Å². The second-order valence-corrected chi connectivity index (χ2v) is 6.28. The van der Waals surface area contributed by atoms with E-state index in [1.165, 1.54) is 12.0 Å². The van der Waals surface area contributed by atoms with E-state index in [4.69, 9.17) is 11.6 Å². The van der Waals surface area contributed by atoms with Crippen molar-refractivity contribution in [2.75, 3.05) is 0 Å². The van der Waals surface area contributed by atoms with Gasteiger partial charge < -0.3 is 0 Å². The number of aromatic nitrogens is 2. The fourth-order valence-corrected chi connectivity index (χ4v) is 3.13. The van der Waals surface area contributed by atoms with E-state index in [1.54, 1.807) is 11.3 Å². The van der Waals surface area contributed by atoms with Gasteiger partial charge in [0.25, 0.3) is 0 Å². The molecule has 106 valence electrons. The van der Waals surface area contributed by atoms with Crippen molar-refractivity contribution in [2.45, 2.75) is 19.8 Å². The molecule has 2 nitrogen and oxygen atoms in total. The zero-order chi connectivity index (χ0) is 14.7. The minimum atomic E-state index is 0.731. The summed E-state index contributed by atoms with van der Waals surface area (Å²) in [6, 6.07) is 16.3. The quantitative estimate of drug-likeness (QED) is 0.637. The maximum atomic E-state index is 5.91. The second kappa shape index (κ2) is 6.37. The first-order chi connectivity index (χ1) is 10.3. The van der Waals surface area contributed by atoms with Crippen molar-refractivity contribution >= 4 is 22.9 Å². The Morgan fingerprint density at radius 1 is 0.857 bits per heavy atom. The summed E-state index contributed by atoms with van der Waals surface area (Å²) in [5.74, 6) is 0. The zero-order valence-corrected chi connectivity index (χ0v) is 13.3. The molecular formula is C17H15ClN2S. The van der Waals surface area contributed by atoms with Gasteiger partial charge in [0.1, 0.15) is 10.0 Å². The van der Waals surface area contributed by atoms with Gasteiger partial charge >= 0.3 is 0 Å². The standard InChI is InChI=1S/C17H15ClN2S/c1-2-3-12-4-6-13(7-5-12)16-19-20-17(21-16)14-8-10-15(18)11-9-14/h4-11H,2-3H2,1H3. The molecule has 3 rings (SSSR count). The molecule has 0 aliphatic rings. The van der Waals surface area contributed by atoms with E-state index in [1.807, 2.05) is 24.3 Å². The summed E-state index contributed by atoms with van der Waals surface area (Å²) >= 11 is 7.51. The highest BCUT2D eigenvalue weighted by Crippen LogP contribution is 2.30. The van der Waals surface area contributed by atoms with Crippen molar-refractivity contribution in [1.29, 1.82) is 0 Å². The van der Waals surface area contributed by atoms with E-state index in [-0.39, 0.29) is 0 Å². The Morgan fingerprint density at radius 2 is 1.38 bits per heavy atom. The Balaban J connectivity index is 1.85. The number of rotatable bonds is 4. The molecule has 0 radical (unpaired) electrons. The van der Waals surface area contributed by atoms with Gasteiger partial charge in [0, 0.05) is 16.1 Å². The van der Waals surface area contributed by atoms with E-state index in [0.717, 1.165) is 32.6 Å². The lowest BCUT2D eigenvalue weighted by Crippen LogP contribution is -1.83. The predicted octanol–water partition coefficient (Wildman–Crippen LogP) is 5.48. The number of halogens is 1. The van der Waals surface area contributed by atoms with Crippen molar-refractivity contribution in [3.63, 3.8) is 0 Å². The van der Waals surface area contributed by atoms with E-state index in [9.17, 15) is 0 Å². The maximum Gasteiger partial charge on any atom is 0.148 e. The highest BCUT2D eigenvalue weighted by Gasteiger charge is 2.08. The first-order valence-corrected chi connectivity index (χ1v) is 8.14. The van der Waals surface area contributed by atoms with Crippen LogP contribution in [0, 0.1) is 0 Å². The Bertz CT molecular complexity index is 717. The van der Waals surface area contributed by atoms with Crippen LogP contribution in [-0.2, 0) is 6.42 Å².